The molecule has 0 saturated carbocycles. The number of hydrogen-bond donors (Lipinski definition) is 3. The van der Waals surface area contributed by atoms with Crippen LogP contribution in [0.5, 0.6) is 0 Å². The lowest BCUT2D eigenvalue weighted by molar-refractivity contribution is 0.146. The first kappa shape index (κ1) is 13.3. The average Bonchev–Trinajstić information content (AvgIpc) is 2.72. The third-order valence-corrected chi connectivity index (χ3v) is 3.08. The SMILES string of the molecule is OC1CNCC1CNCc1cc(F)c(F)c(F)c1. The van der Waals surface area contributed by atoms with Crippen LogP contribution in [0.15, 0.2) is 12.1 Å². The van der Waals surface area contributed by atoms with Crippen molar-refractivity contribution in [3.63, 3.8) is 0 Å². The van der Waals surface area contributed by atoms with E-state index in [2.05, 4.69) is 10.6 Å². The Bertz CT molecular complexity index is 405. The standard InChI is InChI=1S/C12H15F3N2O/c13-9-1-7(2-10(14)12(9)15)3-16-4-8-5-17-6-11(8)18/h1-2,8,11,16-18H,3-6H2. The maximum atomic E-state index is 12.9. The van der Waals surface area contributed by atoms with Crippen molar-refractivity contribution < 1.29 is 18.3 Å². The van der Waals surface area contributed by atoms with Gasteiger partial charge in [-0.2, -0.15) is 0 Å². The summed E-state index contributed by atoms with van der Waals surface area (Å²) in [5, 5.41) is 15.6. The molecule has 1 aromatic rings. The van der Waals surface area contributed by atoms with E-state index in [4.69, 9.17) is 0 Å². The fourth-order valence-electron chi connectivity index (χ4n) is 2.04. The molecule has 2 atom stereocenters. The number of rotatable bonds is 4. The molecule has 100 valence electrons. The molecule has 2 unspecified atom stereocenters. The van der Waals surface area contributed by atoms with Crippen molar-refractivity contribution in [2.24, 2.45) is 5.92 Å². The summed E-state index contributed by atoms with van der Waals surface area (Å²) in [5.41, 5.74) is 0.340. The summed E-state index contributed by atoms with van der Waals surface area (Å²) < 4.78 is 38.6. The van der Waals surface area contributed by atoms with Gasteiger partial charge in [0.1, 0.15) is 0 Å². The van der Waals surface area contributed by atoms with E-state index < -0.39 is 23.6 Å². The first-order valence-corrected chi connectivity index (χ1v) is 5.81. The fraction of sp³-hybridized carbons (Fsp3) is 0.500. The fourth-order valence-corrected chi connectivity index (χ4v) is 2.04. The van der Waals surface area contributed by atoms with E-state index in [9.17, 15) is 18.3 Å². The van der Waals surface area contributed by atoms with Crippen LogP contribution >= 0.6 is 0 Å². The minimum absolute atomic E-state index is 0.0835. The normalized spacial score (nSPS) is 23.6. The van der Waals surface area contributed by atoms with Crippen LogP contribution < -0.4 is 10.6 Å². The second kappa shape index (κ2) is 5.69. The van der Waals surface area contributed by atoms with Crippen molar-refractivity contribution in [1.82, 2.24) is 10.6 Å². The molecule has 1 aliphatic heterocycles. The van der Waals surface area contributed by atoms with Crippen LogP contribution in [0.2, 0.25) is 0 Å². The van der Waals surface area contributed by atoms with Gasteiger partial charge in [-0.15, -0.1) is 0 Å². The Balaban J connectivity index is 1.87. The Labute approximate surface area is 103 Å². The molecule has 3 N–H and O–H groups in total. The van der Waals surface area contributed by atoms with Gasteiger partial charge in [0.05, 0.1) is 6.10 Å². The van der Waals surface area contributed by atoms with Gasteiger partial charge < -0.3 is 15.7 Å². The molecule has 0 amide bonds. The molecule has 0 aliphatic carbocycles. The summed E-state index contributed by atoms with van der Waals surface area (Å²) in [4.78, 5) is 0. The van der Waals surface area contributed by atoms with E-state index in [0.717, 1.165) is 12.1 Å². The smallest absolute Gasteiger partial charge is 0.194 e. The Morgan fingerprint density at radius 1 is 1.22 bits per heavy atom. The molecular weight excluding hydrogens is 245 g/mol. The molecule has 2 rings (SSSR count). The Hall–Kier alpha value is -1.11. The van der Waals surface area contributed by atoms with Gasteiger partial charge in [-0.1, -0.05) is 0 Å². The molecule has 0 spiro atoms. The highest BCUT2D eigenvalue weighted by Crippen LogP contribution is 2.14. The summed E-state index contributed by atoms with van der Waals surface area (Å²) in [7, 11) is 0. The zero-order valence-electron chi connectivity index (χ0n) is 9.72. The monoisotopic (exact) mass is 260 g/mol. The maximum Gasteiger partial charge on any atom is 0.194 e. The first-order valence-electron chi connectivity index (χ1n) is 5.81. The number of hydrogen-bond acceptors (Lipinski definition) is 3. The predicted octanol–water partition coefficient (Wildman–Crippen LogP) is 0.774. The molecule has 1 aliphatic rings. The van der Waals surface area contributed by atoms with Gasteiger partial charge in [-0.3, -0.25) is 0 Å². The van der Waals surface area contributed by atoms with E-state index in [-0.39, 0.29) is 12.5 Å². The molecule has 0 radical (unpaired) electrons. The third kappa shape index (κ3) is 3.01. The number of benzene rings is 1. The summed E-state index contributed by atoms with van der Waals surface area (Å²) >= 11 is 0. The highest BCUT2D eigenvalue weighted by atomic mass is 19.2. The maximum absolute atomic E-state index is 12.9. The number of aliphatic hydroxyl groups excluding tert-OH is 1. The molecule has 1 fully saturated rings. The topological polar surface area (TPSA) is 44.3 Å². The van der Waals surface area contributed by atoms with Gasteiger partial charge in [0, 0.05) is 32.1 Å². The summed E-state index contributed by atoms with van der Waals surface area (Å²) in [6.45, 7) is 2.04. The molecule has 1 saturated heterocycles. The molecular formula is C12H15F3N2O. The van der Waals surface area contributed by atoms with E-state index >= 15 is 0 Å². The van der Waals surface area contributed by atoms with Crippen molar-refractivity contribution in [3.8, 4) is 0 Å². The van der Waals surface area contributed by atoms with Crippen LogP contribution in [0.25, 0.3) is 0 Å². The van der Waals surface area contributed by atoms with E-state index in [1.165, 1.54) is 0 Å². The number of aliphatic hydroxyl groups is 1. The number of halogens is 3. The summed E-state index contributed by atoms with van der Waals surface area (Å²) in [6, 6.07) is 1.93. The van der Waals surface area contributed by atoms with Gasteiger partial charge in [0.2, 0.25) is 0 Å². The molecule has 6 heteroatoms. The quantitative estimate of drug-likeness (QED) is 0.701. The van der Waals surface area contributed by atoms with E-state index in [0.29, 0.717) is 25.2 Å². The zero-order valence-corrected chi connectivity index (χ0v) is 9.72. The largest absolute Gasteiger partial charge is 0.391 e. The van der Waals surface area contributed by atoms with Crippen LogP contribution in [-0.4, -0.2) is 30.8 Å². The van der Waals surface area contributed by atoms with E-state index in [1.807, 2.05) is 0 Å². The van der Waals surface area contributed by atoms with Gasteiger partial charge >= 0.3 is 0 Å². The first-order chi connectivity index (χ1) is 8.58. The van der Waals surface area contributed by atoms with Gasteiger partial charge in [-0.05, 0) is 17.7 Å². The zero-order chi connectivity index (χ0) is 13.1. The highest BCUT2D eigenvalue weighted by molar-refractivity contribution is 5.19. The Morgan fingerprint density at radius 2 is 1.89 bits per heavy atom. The third-order valence-electron chi connectivity index (χ3n) is 3.08. The predicted molar refractivity (Wildman–Crippen MR) is 60.4 cm³/mol. The molecule has 1 aromatic carbocycles. The second-order valence-corrected chi connectivity index (χ2v) is 4.49. The lowest BCUT2D eigenvalue weighted by Gasteiger charge is -2.14. The number of β-amino-alcohol motifs (C(OH)–C–C–N with tert-alkyl or cyclic N) is 1. The van der Waals surface area contributed by atoms with Gasteiger partial charge in [0.25, 0.3) is 0 Å². The second-order valence-electron chi connectivity index (χ2n) is 4.49. The Kier molecular flexibility index (Phi) is 4.21. The lowest BCUT2D eigenvalue weighted by Crippen LogP contribution is -2.30. The summed E-state index contributed by atoms with van der Waals surface area (Å²) in [5.74, 6) is -3.74. The molecule has 3 nitrogen and oxygen atoms in total. The van der Waals surface area contributed by atoms with Gasteiger partial charge in [0.15, 0.2) is 17.5 Å². The van der Waals surface area contributed by atoms with Crippen LogP contribution in [0.1, 0.15) is 5.56 Å². The van der Waals surface area contributed by atoms with Crippen LogP contribution in [0.4, 0.5) is 13.2 Å². The minimum Gasteiger partial charge on any atom is -0.391 e. The molecule has 18 heavy (non-hydrogen) atoms. The molecule has 1 heterocycles. The minimum atomic E-state index is -1.45. The Morgan fingerprint density at radius 3 is 2.44 bits per heavy atom. The van der Waals surface area contributed by atoms with Crippen LogP contribution in [-0.2, 0) is 6.54 Å². The highest BCUT2D eigenvalue weighted by Gasteiger charge is 2.24. The van der Waals surface area contributed by atoms with Crippen molar-refractivity contribution >= 4 is 0 Å². The van der Waals surface area contributed by atoms with Crippen molar-refractivity contribution in [2.45, 2.75) is 12.6 Å². The van der Waals surface area contributed by atoms with Crippen LogP contribution in [0, 0.1) is 23.4 Å². The van der Waals surface area contributed by atoms with E-state index in [1.54, 1.807) is 0 Å². The lowest BCUT2D eigenvalue weighted by atomic mass is 10.1. The average molecular weight is 260 g/mol. The van der Waals surface area contributed by atoms with Crippen LogP contribution in [0.3, 0.4) is 0 Å². The van der Waals surface area contributed by atoms with Crippen molar-refractivity contribution in [3.05, 3.63) is 35.1 Å². The number of nitrogens with one attached hydrogen (secondary N) is 2. The van der Waals surface area contributed by atoms with Crippen molar-refractivity contribution in [1.29, 1.82) is 0 Å². The van der Waals surface area contributed by atoms with Crippen molar-refractivity contribution in [2.75, 3.05) is 19.6 Å². The molecule has 0 aromatic heterocycles. The molecule has 0 bridgehead atoms. The summed E-state index contributed by atoms with van der Waals surface area (Å²) in [6.07, 6.45) is -0.404. The van der Waals surface area contributed by atoms with Gasteiger partial charge in [-0.25, -0.2) is 13.2 Å².